The highest BCUT2D eigenvalue weighted by molar-refractivity contribution is 7.21. The number of thiophene rings is 1. The summed E-state index contributed by atoms with van der Waals surface area (Å²) in [6.45, 7) is 2.47. The van der Waals surface area contributed by atoms with Crippen LogP contribution in [-0.4, -0.2) is 42.1 Å². The predicted molar refractivity (Wildman–Crippen MR) is 92.0 cm³/mol. The molecule has 0 saturated carbocycles. The van der Waals surface area contributed by atoms with Gasteiger partial charge in [0.05, 0.1) is 18.9 Å². The van der Waals surface area contributed by atoms with Gasteiger partial charge in [-0.1, -0.05) is 6.42 Å². The molecule has 1 saturated heterocycles. The van der Waals surface area contributed by atoms with Crippen molar-refractivity contribution in [1.82, 2.24) is 9.88 Å². The highest BCUT2D eigenvalue weighted by Crippen LogP contribution is 2.36. The number of fused-ring (bicyclic) bond motifs is 2. The van der Waals surface area contributed by atoms with Crippen LogP contribution in [0.25, 0.3) is 10.2 Å². The van der Waals surface area contributed by atoms with E-state index in [2.05, 4.69) is 6.07 Å². The molecule has 1 aliphatic carbocycles. The predicted octanol–water partition coefficient (Wildman–Crippen LogP) is 2.62. The quantitative estimate of drug-likeness (QED) is 0.816. The lowest BCUT2D eigenvalue weighted by Crippen LogP contribution is -2.40. The number of nitrogens with zero attached hydrogens (tertiary/aromatic N) is 2. The van der Waals surface area contributed by atoms with Gasteiger partial charge in [0.1, 0.15) is 9.71 Å². The van der Waals surface area contributed by atoms with Crippen LogP contribution in [0.1, 0.15) is 40.2 Å². The first-order valence-corrected chi connectivity index (χ1v) is 9.13. The number of ether oxygens (including phenoxy) is 1. The van der Waals surface area contributed by atoms with Crippen molar-refractivity contribution in [3.05, 3.63) is 22.2 Å². The van der Waals surface area contributed by atoms with Gasteiger partial charge in [0.25, 0.3) is 5.91 Å². The summed E-state index contributed by atoms with van der Waals surface area (Å²) in [6, 6.07) is 2.17. The third kappa shape index (κ3) is 2.70. The fourth-order valence-corrected chi connectivity index (χ4v) is 4.47. The van der Waals surface area contributed by atoms with Crippen molar-refractivity contribution >= 4 is 33.1 Å². The third-order valence-electron chi connectivity index (χ3n) is 4.74. The Bertz CT molecular complexity index is 750. The summed E-state index contributed by atoms with van der Waals surface area (Å²) in [6.07, 6.45) is 5.78. The zero-order valence-corrected chi connectivity index (χ0v) is 14.0. The van der Waals surface area contributed by atoms with Gasteiger partial charge >= 0.3 is 0 Å². The molecule has 1 fully saturated rings. The number of aryl methyl sites for hydroxylation is 2. The Kier molecular flexibility index (Phi) is 3.95. The first kappa shape index (κ1) is 14.9. The number of carbonyl (C=O) groups is 1. The Balaban J connectivity index is 1.73. The second-order valence-corrected chi connectivity index (χ2v) is 7.26. The zero-order valence-electron chi connectivity index (χ0n) is 13.1. The summed E-state index contributed by atoms with van der Waals surface area (Å²) in [5.74, 6) is 0.0176. The van der Waals surface area contributed by atoms with Crippen molar-refractivity contribution in [2.24, 2.45) is 0 Å². The van der Waals surface area contributed by atoms with Crippen LogP contribution in [0.15, 0.2) is 6.07 Å². The summed E-state index contributed by atoms with van der Waals surface area (Å²) in [5.41, 5.74) is 9.41. The number of anilines is 1. The first-order chi connectivity index (χ1) is 11.2. The maximum absolute atomic E-state index is 12.7. The van der Waals surface area contributed by atoms with Crippen LogP contribution >= 0.6 is 11.3 Å². The van der Waals surface area contributed by atoms with Crippen LogP contribution < -0.4 is 5.73 Å². The van der Waals surface area contributed by atoms with Crippen LogP contribution in [0.5, 0.6) is 0 Å². The second-order valence-electron chi connectivity index (χ2n) is 6.26. The largest absolute Gasteiger partial charge is 0.397 e. The molecule has 1 amide bonds. The molecule has 2 N–H and O–H groups in total. The van der Waals surface area contributed by atoms with E-state index >= 15 is 0 Å². The van der Waals surface area contributed by atoms with E-state index in [4.69, 9.17) is 15.5 Å². The Hall–Kier alpha value is -1.66. The molecule has 2 aromatic heterocycles. The van der Waals surface area contributed by atoms with Crippen molar-refractivity contribution in [3.8, 4) is 0 Å². The van der Waals surface area contributed by atoms with Gasteiger partial charge in [0, 0.05) is 24.2 Å². The lowest BCUT2D eigenvalue weighted by molar-refractivity contribution is 0.0307. The van der Waals surface area contributed by atoms with Crippen molar-refractivity contribution in [3.63, 3.8) is 0 Å². The lowest BCUT2D eigenvalue weighted by Gasteiger charge is -2.26. The van der Waals surface area contributed by atoms with Crippen LogP contribution in [0, 0.1) is 0 Å². The molecular weight excluding hydrogens is 310 g/mol. The first-order valence-electron chi connectivity index (χ1n) is 8.32. The molecule has 6 heteroatoms. The van der Waals surface area contributed by atoms with Gasteiger partial charge in [-0.2, -0.15) is 0 Å². The summed E-state index contributed by atoms with van der Waals surface area (Å²) in [4.78, 5) is 20.9. The van der Waals surface area contributed by atoms with Crippen LogP contribution in [0.2, 0.25) is 0 Å². The molecule has 122 valence electrons. The maximum Gasteiger partial charge on any atom is 0.266 e. The molecule has 0 bridgehead atoms. The monoisotopic (exact) mass is 331 g/mol. The van der Waals surface area contributed by atoms with Crippen molar-refractivity contribution in [1.29, 1.82) is 0 Å². The normalized spacial score (nSPS) is 18.7. The maximum atomic E-state index is 12.7. The van der Waals surface area contributed by atoms with E-state index in [0.717, 1.165) is 23.1 Å². The van der Waals surface area contributed by atoms with Crippen LogP contribution in [0.3, 0.4) is 0 Å². The van der Waals surface area contributed by atoms with Gasteiger partial charge in [-0.25, -0.2) is 4.98 Å². The van der Waals surface area contributed by atoms with Gasteiger partial charge in [0.2, 0.25) is 0 Å². The van der Waals surface area contributed by atoms with Crippen LogP contribution in [0.4, 0.5) is 5.69 Å². The molecule has 3 heterocycles. The fraction of sp³-hybridized carbons (Fsp3) is 0.529. The molecule has 5 nitrogen and oxygen atoms in total. The summed E-state index contributed by atoms with van der Waals surface area (Å²) in [7, 11) is 0. The highest BCUT2D eigenvalue weighted by Gasteiger charge is 2.25. The topological polar surface area (TPSA) is 68.5 Å². The van der Waals surface area contributed by atoms with Gasteiger partial charge in [-0.3, -0.25) is 4.79 Å². The van der Waals surface area contributed by atoms with E-state index in [0.29, 0.717) is 36.9 Å². The number of hydrogen-bond donors (Lipinski definition) is 1. The van der Waals surface area contributed by atoms with Crippen molar-refractivity contribution in [2.45, 2.75) is 32.1 Å². The SMILES string of the molecule is Nc1c(C(=O)N2CCOCC2)sc2nc3c(cc12)CCCCC3. The fourth-order valence-electron chi connectivity index (χ4n) is 3.41. The minimum atomic E-state index is 0.0176. The minimum Gasteiger partial charge on any atom is -0.397 e. The summed E-state index contributed by atoms with van der Waals surface area (Å²) in [5, 5.41) is 0.951. The van der Waals surface area contributed by atoms with Gasteiger partial charge in [0.15, 0.2) is 0 Å². The molecule has 0 unspecified atom stereocenters. The molecule has 4 rings (SSSR count). The third-order valence-corrected chi connectivity index (χ3v) is 5.85. The average Bonchev–Trinajstić information content (AvgIpc) is 2.75. The highest BCUT2D eigenvalue weighted by atomic mass is 32.1. The number of aromatic nitrogens is 1. The molecule has 0 aromatic carbocycles. The number of morpholine rings is 1. The Morgan fingerprint density at radius 1 is 1.22 bits per heavy atom. The molecule has 0 atom stereocenters. The number of nitrogen functional groups attached to an aromatic ring is 1. The van der Waals surface area contributed by atoms with Gasteiger partial charge in [-0.05, 0) is 37.3 Å². The van der Waals surface area contributed by atoms with E-state index < -0.39 is 0 Å². The lowest BCUT2D eigenvalue weighted by atomic mass is 10.1. The number of amides is 1. The summed E-state index contributed by atoms with van der Waals surface area (Å²) >= 11 is 1.44. The smallest absolute Gasteiger partial charge is 0.266 e. The number of carbonyl (C=O) groups excluding carboxylic acids is 1. The number of hydrogen-bond acceptors (Lipinski definition) is 5. The van der Waals surface area contributed by atoms with E-state index in [-0.39, 0.29) is 5.91 Å². The van der Waals surface area contributed by atoms with Gasteiger partial charge in [-0.15, -0.1) is 11.3 Å². The Labute approximate surface area is 139 Å². The molecule has 2 aromatic rings. The van der Waals surface area contributed by atoms with Gasteiger partial charge < -0.3 is 15.4 Å². The zero-order chi connectivity index (χ0) is 15.8. The standard InChI is InChI=1S/C17H21N3O2S/c18-14-12-10-11-4-2-1-3-5-13(11)19-16(12)23-15(14)17(21)20-6-8-22-9-7-20/h10H,1-9,18H2. The average molecular weight is 331 g/mol. The number of pyridine rings is 1. The molecule has 23 heavy (non-hydrogen) atoms. The molecule has 2 aliphatic rings. The van der Waals surface area contributed by atoms with Crippen LogP contribution in [-0.2, 0) is 17.6 Å². The molecule has 0 radical (unpaired) electrons. The van der Waals surface area contributed by atoms with Crippen molar-refractivity contribution in [2.75, 3.05) is 32.0 Å². The molecular formula is C17H21N3O2S. The second kappa shape index (κ2) is 6.09. The van der Waals surface area contributed by atoms with E-state index in [9.17, 15) is 4.79 Å². The van der Waals surface area contributed by atoms with E-state index in [1.807, 2.05) is 4.90 Å². The Morgan fingerprint density at radius 2 is 2.00 bits per heavy atom. The number of rotatable bonds is 1. The molecule has 0 spiro atoms. The Morgan fingerprint density at radius 3 is 2.83 bits per heavy atom. The van der Waals surface area contributed by atoms with Crippen molar-refractivity contribution < 1.29 is 9.53 Å². The number of nitrogens with two attached hydrogens (primary N) is 1. The van der Waals surface area contributed by atoms with E-state index in [1.165, 1.54) is 41.9 Å². The minimum absolute atomic E-state index is 0.0176. The molecule has 1 aliphatic heterocycles. The van der Waals surface area contributed by atoms with E-state index in [1.54, 1.807) is 0 Å². The summed E-state index contributed by atoms with van der Waals surface area (Å²) < 4.78 is 5.32.